The Hall–Kier alpha value is -1.64. The Balaban J connectivity index is 2.17. The molecule has 0 heterocycles. The first-order chi connectivity index (χ1) is 12.2. The molecule has 0 aliphatic carbocycles. The summed E-state index contributed by atoms with van der Waals surface area (Å²) in [5.41, 5.74) is 0.562. The summed E-state index contributed by atoms with van der Waals surface area (Å²) in [4.78, 5) is 24.1. The van der Waals surface area contributed by atoms with Gasteiger partial charge in [0.1, 0.15) is 5.78 Å². The smallest absolute Gasteiger partial charge is 0.338 e. The number of ketones is 1. The second-order valence-corrected chi connectivity index (χ2v) is 6.85. The molecule has 0 saturated carbocycles. The Labute approximate surface area is 153 Å². The Morgan fingerprint density at radius 1 is 0.920 bits per heavy atom. The first-order valence-corrected chi connectivity index (χ1v) is 9.91. The van der Waals surface area contributed by atoms with Crippen LogP contribution in [0.4, 0.5) is 0 Å². The zero-order valence-corrected chi connectivity index (χ0v) is 16.0. The normalized spacial score (nSPS) is 11.9. The van der Waals surface area contributed by atoms with Crippen molar-refractivity contribution in [3.05, 3.63) is 35.9 Å². The van der Waals surface area contributed by atoms with Crippen molar-refractivity contribution in [2.75, 3.05) is 6.61 Å². The van der Waals surface area contributed by atoms with Gasteiger partial charge < -0.3 is 4.74 Å². The summed E-state index contributed by atoms with van der Waals surface area (Å²) in [6.45, 7) is 4.59. The number of carbonyl (C=O) groups is 2. The quantitative estimate of drug-likeness (QED) is 0.308. The number of Topliss-reactive ketones (excluding diaryl/α,β-unsaturated/α-hetero) is 1. The number of ether oxygens (including phenoxy) is 1. The van der Waals surface area contributed by atoms with Crippen molar-refractivity contribution in [2.45, 2.75) is 78.1 Å². The molecule has 0 bridgehead atoms. The van der Waals surface area contributed by atoms with Crippen LogP contribution in [0.25, 0.3) is 0 Å². The summed E-state index contributed by atoms with van der Waals surface area (Å²) in [6.07, 6.45) is 10.6. The molecule has 1 unspecified atom stereocenters. The maximum absolute atomic E-state index is 12.1. The van der Waals surface area contributed by atoms with Crippen LogP contribution in [-0.2, 0) is 9.53 Å². The highest BCUT2D eigenvalue weighted by Crippen LogP contribution is 2.15. The Bertz CT molecular complexity index is 481. The summed E-state index contributed by atoms with van der Waals surface area (Å²) in [5.74, 6) is 0.125. The highest BCUT2D eigenvalue weighted by atomic mass is 16.5. The van der Waals surface area contributed by atoms with Gasteiger partial charge in [0.25, 0.3) is 0 Å². The van der Waals surface area contributed by atoms with Gasteiger partial charge in [-0.15, -0.1) is 0 Å². The van der Waals surface area contributed by atoms with Crippen LogP contribution in [0.1, 0.15) is 88.4 Å². The minimum Gasteiger partial charge on any atom is -0.462 e. The van der Waals surface area contributed by atoms with Crippen LogP contribution in [0.5, 0.6) is 0 Å². The number of rotatable bonds is 14. The number of esters is 1. The highest BCUT2D eigenvalue weighted by molar-refractivity contribution is 5.89. The van der Waals surface area contributed by atoms with E-state index in [1.807, 2.05) is 25.1 Å². The van der Waals surface area contributed by atoms with E-state index in [2.05, 4.69) is 6.92 Å². The molecule has 1 aromatic carbocycles. The molecule has 0 aromatic heterocycles. The Kier molecular flexibility index (Phi) is 11.7. The van der Waals surface area contributed by atoms with Gasteiger partial charge in [0, 0.05) is 12.8 Å². The molecule has 1 rings (SSSR count). The molecule has 0 saturated heterocycles. The lowest BCUT2D eigenvalue weighted by Crippen LogP contribution is -2.17. The van der Waals surface area contributed by atoms with Gasteiger partial charge in [-0.1, -0.05) is 70.6 Å². The van der Waals surface area contributed by atoms with Crippen LogP contribution in [-0.4, -0.2) is 18.4 Å². The molecule has 1 aromatic rings. The molecule has 25 heavy (non-hydrogen) atoms. The zero-order chi connectivity index (χ0) is 18.3. The lowest BCUT2D eigenvalue weighted by Gasteiger charge is -2.14. The number of unbranched alkanes of at least 4 members (excludes halogenated alkanes) is 6. The second kappa shape index (κ2) is 13.6. The standard InChI is InChI=1S/C22H34O3/c1-3-5-6-7-8-9-13-16-21(23)17-19(4-2)18-25-22(24)20-14-11-10-12-15-20/h10-12,14-15,19H,3-9,13,16-18H2,1-2H3. The molecular formula is C22H34O3. The van der Waals surface area contributed by atoms with Crippen molar-refractivity contribution in [3.63, 3.8) is 0 Å². The van der Waals surface area contributed by atoms with Crippen LogP contribution in [0.2, 0.25) is 0 Å². The first-order valence-electron chi connectivity index (χ1n) is 9.91. The number of carbonyl (C=O) groups excluding carboxylic acids is 2. The van der Waals surface area contributed by atoms with Crippen LogP contribution < -0.4 is 0 Å². The predicted molar refractivity (Wildman–Crippen MR) is 103 cm³/mol. The van der Waals surface area contributed by atoms with E-state index >= 15 is 0 Å². The molecule has 0 aliphatic rings. The maximum Gasteiger partial charge on any atom is 0.338 e. The maximum atomic E-state index is 12.1. The molecule has 0 spiro atoms. The molecule has 0 fully saturated rings. The molecule has 0 N–H and O–H groups in total. The molecule has 3 nitrogen and oxygen atoms in total. The van der Waals surface area contributed by atoms with E-state index in [-0.39, 0.29) is 11.9 Å². The van der Waals surface area contributed by atoms with Crippen molar-refractivity contribution < 1.29 is 14.3 Å². The van der Waals surface area contributed by atoms with Gasteiger partial charge in [-0.05, 0) is 30.9 Å². The van der Waals surface area contributed by atoms with Gasteiger partial charge in [-0.2, -0.15) is 0 Å². The molecule has 0 amide bonds. The monoisotopic (exact) mass is 346 g/mol. The van der Waals surface area contributed by atoms with E-state index in [0.29, 0.717) is 30.8 Å². The minimum atomic E-state index is -0.307. The van der Waals surface area contributed by atoms with Gasteiger partial charge in [0.05, 0.1) is 12.2 Å². The van der Waals surface area contributed by atoms with Gasteiger partial charge in [-0.3, -0.25) is 4.79 Å². The van der Waals surface area contributed by atoms with Crippen molar-refractivity contribution in [3.8, 4) is 0 Å². The summed E-state index contributed by atoms with van der Waals surface area (Å²) in [5, 5.41) is 0. The van der Waals surface area contributed by atoms with Gasteiger partial charge in [0.2, 0.25) is 0 Å². The van der Waals surface area contributed by atoms with E-state index in [0.717, 1.165) is 19.3 Å². The lowest BCUT2D eigenvalue weighted by molar-refractivity contribution is -0.120. The van der Waals surface area contributed by atoms with E-state index in [4.69, 9.17) is 4.74 Å². The van der Waals surface area contributed by atoms with Gasteiger partial charge in [0.15, 0.2) is 0 Å². The third kappa shape index (κ3) is 10.1. The first kappa shape index (κ1) is 21.4. The summed E-state index contributed by atoms with van der Waals surface area (Å²) >= 11 is 0. The van der Waals surface area contributed by atoms with Gasteiger partial charge >= 0.3 is 5.97 Å². The van der Waals surface area contributed by atoms with E-state index < -0.39 is 0 Å². The van der Waals surface area contributed by atoms with E-state index in [1.165, 1.54) is 32.1 Å². The molecule has 1 atom stereocenters. The molecule has 0 aliphatic heterocycles. The van der Waals surface area contributed by atoms with Crippen LogP contribution in [0.15, 0.2) is 30.3 Å². The van der Waals surface area contributed by atoms with Gasteiger partial charge in [-0.25, -0.2) is 4.79 Å². The Morgan fingerprint density at radius 2 is 1.56 bits per heavy atom. The number of hydrogen-bond donors (Lipinski definition) is 0. The summed E-state index contributed by atoms with van der Waals surface area (Å²) in [6, 6.07) is 9.00. The van der Waals surface area contributed by atoms with Crippen molar-refractivity contribution in [1.29, 1.82) is 0 Å². The zero-order valence-electron chi connectivity index (χ0n) is 16.0. The van der Waals surface area contributed by atoms with Crippen LogP contribution in [0.3, 0.4) is 0 Å². The largest absolute Gasteiger partial charge is 0.462 e. The number of benzene rings is 1. The molecule has 0 radical (unpaired) electrons. The third-order valence-corrected chi connectivity index (χ3v) is 4.61. The number of hydrogen-bond acceptors (Lipinski definition) is 3. The SMILES string of the molecule is CCCCCCCCCC(=O)CC(CC)COC(=O)c1ccccc1. The fourth-order valence-electron chi connectivity index (χ4n) is 2.88. The third-order valence-electron chi connectivity index (χ3n) is 4.61. The average Bonchev–Trinajstić information content (AvgIpc) is 2.64. The summed E-state index contributed by atoms with van der Waals surface area (Å²) in [7, 11) is 0. The topological polar surface area (TPSA) is 43.4 Å². The summed E-state index contributed by atoms with van der Waals surface area (Å²) < 4.78 is 5.37. The Morgan fingerprint density at radius 3 is 2.20 bits per heavy atom. The highest BCUT2D eigenvalue weighted by Gasteiger charge is 2.15. The fraction of sp³-hybridized carbons (Fsp3) is 0.636. The predicted octanol–water partition coefficient (Wildman–Crippen LogP) is 5.97. The lowest BCUT2D eigenvalue weighted by atomic mass is 9.97. The van der Waals surface area contributed by atoms with Crippen LogP contribution >= 0.6 is 0 Å². The van der Waals surface area contributed by atoms with Crippen molar-refractivity contribution in [1.82, 2.24) is 0 Å². The second-order valence-electron chi connectivity index (χ2n) is 6.85. The molecule has 140 valence electrons. The van der Waals surface area contributed by atoms with Crippen molar-refractivity contribution in [2.24, 2.45) is 5.92 Å². The van der Waals surface area contributed by atoms with E-state index in [1.54, 1.807) is 12.1 Å². The molecule has 3 heteroatoms. The van der Waals surface area contributed by atoms with Crippen molar-refractivity contribution >= 4 is 11.8 Å². The molecular weight excluding hydrogens is 312 g/mol. The average molecular weight is 347 g/mol. The van der Waals surface area contributed by atoms with E-state index in [9.17, 15) is 9.59 Å². The van der Waals surface area contributed by atoms with Crippen LogP contribution in [0, 0.1) is 5.92 Å². The fourth-order valence-corrected chi connectivity index (χ4v) is 2.88. The minimum absolute atomic E-state index is 0.129.